The number of hydrogen-bond acceptors (Lipinski definition) is 2. The Bertz CT molecular complexity index is 1110. The summed E-state index contributed by atoms with van der Waals surface area (Å²) in [4.78, 5) is 18.9. The molecule has 3 aromatic rings. The molecule has 2 fully saturated rings. The van der Waals surface area contributed by atoms with Crippen molar-refractivity contribution in [2.24, 2.45) is 5.92 Å². The number of para-hydroxylation sites is 1. The van der Waals surface area contributed by atoms with Crippen LogP contribution in [0.3, 0.4) is 0 Å². The van der Waals surface area contributed by atoms with Crippen LogP contribution in [0.4, 0.5) is 0 Å². The molecule has 1 aromatic heterocycles. The first-order valence-electron chi connectivity index (χ1n) is 10.7. The second kappa shape index (κ2) is 6.12. The van der Waals surface area contributed by atoms with E-state index in [9.17, 15) is 4.79 Å². The number of carbonyl (C=O) groups excluding carboxylic acids is 1. The number of fused-ring (bicyclic) bond motifs is 6. The molecule has 4 nitrogen and oxygen atoms in total. The second-order valence-corrected chi connectivity index (χ2v) is 8.96. The fraction of sp³-hybridized carbons (Fsp3) is 0.400. The van der Waals surface area contributed by atoms with E-state index in [1.54, 1.807) is 7.11 Å². The monoisotopic (exact) mass is 386 g/mol. The van der Waals surface area contributed by atoms with E-state index >= 15 is 0 Å². The van der Waals surface area contributed by atoms with E-state index in [0.29, 0.717) is 5.91 Å². The fourth-order valence-electron chi connectivity index (χ4n) is 5.83. The lowest BCUT2D eigenvalue weighted by atomic mass is 9.61. The van der Waals surface area contributed by atoms with Gasteiger partial charge in [0.25, 0.3) is 0 Å². The van der Waals surface area contributed by atoms with Crippen LogP contribution in [0, 0.1) is 5.92 Å². The van der Waals surface area contributed by atoms with E-state index in [1.807, 2.05) is 6.07 Å². The summed E-state index contributed by atoms with van der Waals surface area (Å²) in [7, 11) is 1.73. The summed E-state index contributed by atoms with van der Waals surface area (Å²) in [5, 5.41) is 1.32. The van der Waals surface area contributed by atoms with Crippen LogP contribution in [0.15, 0.2) is 48.5 Å². The Morgan fingerprint density at radius 1 is 1.17 bits per heavy atom. The summed E-state index contributed by atoms with van der Waals surface area (Å²) in [5.74, 6) is 1.56. The molecule has 2 bridgehead atoms. The zero-order valence-corrected chi connectivity index (χ0v) is 16.8. The van der Waals surface area contributed by atoms with E-state index in [0.717, 1.165) is 44.4 Å². The molecule has 1 amide bonds. The van der Waals surface area contributed by atoms with Gasteiger partial charge in [0.1, 0.15) is 5.75 Å². The predicted octanol–water partition coefficient (Wildman–Crippen LogP) is 4.42. The molecule has 1 aliphatic heterocycles. The predicted molar refractivity (Wildman–Crippen MR) is 113 cm³/mol. The van der Waals surface area contributed by atoms with Crippen molar-refractivity contribution in [3.63, 3.8) is 0 Å². The number of nitrogens with one attached hydrogen (secondary N) is 1. The molecular weight excluding hydrogens is 360 g/mol. The van der Waals surface area contributed by atoms with Crippen molar-refractivity contribution in [1.29, 1.82) is 0 Å². The number of carbonyl (C=O) groups is 1. The first-order chi connectivity index (χ1) is 14.2. The Labute approximate surface area is 170 Å². The summed E-state index contributed by atoms with van der Waals surface area (Å²) in [6.45, 7) is 0.843. The molecule has 2 aromatic carbocycles. The number of amides is 1. The van der Waals surface area contributed by atoms with Crippen LogP contribution in [0.2, 0.25) is 0 Å². The molecule has 1 N–H and O–H groups in total. The third-order valence-electron chi connectivity index (χ3n) is 7.34. The minimum absolute atomic E-state index is 0.0767. The number of hydrogen-bond donors (Lipinski definition) is 1. The quantitative estimate of drug-likeness (QED) is 0.724. The second-order valence-electron chi connectivity index (χ2n) is 8.96. The van der Waals surface area contributed by atoms with E-state index in [-0.39, 0.29) is 17.4 Å². The molecule has 29 heavy (non-hydrogen) atoms. The minimum atomic E-state index is -0.0767. The van der Waals surface area contributed by atoms with E-state index in [1.165, 1.54) is 27.7 Å². The smallest absolute Gasteiger partial charge is 0.225 e. The molecule has 0 radical (unpaired) electrons. The van der Waals surface area contributed by atoms with Crippen molar-refractivity contribution in [2.45, 2.75) is 43.6 Å². The van der Waals surface area contributed by atoms with Gasteiger partial charge in [0, 0.05) is 46.9 Å². The number of aromatic nitrogens is 1. The van der Waals surface area contributed by atoms with Crippen molar-refractivity contribution in [3.05, 3.63) is 65.4 Å². The SMILES string of the molecule is COc1cccc([C@]23CCN(C(=O)C4CC4)[C@H](Cc4[nH]c5ccccc5c42)C3)c1. The Morgan fingerprint density at radius 2 is 2.03 bits per heavy atom. The van der Waals surface area contributed by atoms with Crippen LogP contribution >= 0.6 is 0 Å². The number of methoxy groups -OCH3 is 1. The molecule has 0 spiro atoms. The van der Waals surface area contributed by atoms with Crippen molar-refractivity contribution < 1.29 is 9.53 Å². The highest BCUT2D eigenvalue weighted by Crippen LogP contribution is 2.52. The average molecular weight is 386 g/mol. The van der Waals surface area contributed by atoms with Crippen molar-refractivity contribution in [1.82, 2.24) is 9.88 Å². The molecule has 2 aliphatic carbocycles. The van der Waals surface area contributed by atoms with Gasteiger partial charge >= 0.3 is 0 Å². The summed E-state index contributed by atoms with van der Waals surface area (Å²) in [5.41, 5.74) is 5.18. The lowest BCUT2D eigenvalue weighted by Crippen LogP contribution is -2.55. The van der Waals surface area contributed by atoms with Gasteiger partial charge in [-0.1, -0.05) is 30.3 Å². The van der Waals surface area contributed by atoms with Gasteiger partial charge in [0.05, 0.1) is 7.11 Å². The van der Waals surface area contributed by atoms with Gasteiger partial charge in [-0.15, -0.1) is 0 Å². The molecule has 4 heteroatoms. The first-order valence-corrected chi connectivity index (χ1v) is 10.7. The highest BCUT2D eigenvalue weighted by molar-refractivity contribution is 5.88. The topological polar surface area (TPSA) is 45.3 Å². The number of H-pyrrole nitrogens is 1. The molecule has 6 rings (SSSR count). The third kappa shape index (κ3) is 2.48. The van der Waals surface area contributed by atoms with E-state index in [4.69, 9.17) is 4.74 Å². The molecule has 2 atom stereocenters. The molecule has 0 unspecified atom stereocenters. The average Bonchev–Trinajstić information content (AvgIpc) is 3.54. The van der Waals surface area contributed by atoms with Crippen LogP contribution < -0.4 is 4.74 Å². The van der Waals surface area contributed by atoms with Crippen LogP contribution in [0.25, 0.3) is 10.9 Å². The molecule has 3 aliphatic rings. The highest BCUT2D eigenvalue weighted by Gasteiger charge is 2.51. The summed E-state index contributed by atoms with van der Waals surface area (Å²) >= 11 is 0. The van der Waals surface area contributed by atoms with Gasteiger partial charge < -0.3 is 14.6 Å². The Balaban J connectivity index is 1.54. The summed E-state index contributed by atoms with van der Waals surface area (Å²) in [6.07, 6.45) is 5.02. The maximum atomic E-state index is 13.0. The minimum Gasteiger partial charge on any atom is -0.497 e. The zero-order valence-electron chi connectivity index (χ0n) is 16.8. The van der Waals surface area contributed by atoms with Crippen LogP contribution in [0.5, 0.6) is 5.75 Å². The van der Waals surface area contributed by atoms with Gasteiger partial charge in [-0.2, -0.15) is 0 Å². The lowest BCUT2D eigenvalue weighted by molar-refractivity contribution is -0.137. The Hall–Kier alpha value is -2.75. The maximum Gasteiger partial charge on any atom is 0.225 e. The summed E-state index contributed by atoms with van der Waals surface area (Å²) in [6, 6.07) is 17.5. The van der Waals surface area contributed by atoms with Gasteiger partial charge in [-0.05, 0) is 55.0 Å². The number of rotatable bonds is 3. The highest BCUT2D eigenvalue weighted by atomic mass is 16.5. The van der Waals surface area contributed by atoms with Crippen molar-refractivity contribution >= 4 is 16.8 Å². The molecule has 1 saturated carbocycles. The Morgan fingerprint density at radius 3 is 2.86 bits per heavy atom. The zero-order chi connectivity index (χ0) is 19.6. The number of benzene rings is 2. The van der Waals surface area contributed by atoms with Crippen LogP contribution in [-0.2, 0) is 16.6 Å². The lowest BCUT2D eigenvalue weighted by Gasteiger charge is -2.51. The van der Waals surface area contributed by atoms with Crippen LogP contribution in [0.1, 0.15) is 42.5 Å². The number of ether oxygens (including phenoxy) is 1. The Kier molecular flexibility index (Phi) is 3.62. The third-order valence-corrected chi connectivity index (χ3v) is 7.34. The van der Waals surface area contributed by atoms with Gasteiger partial charge in [0.2, 0.25) is 5.91 Å². The van der Waals surface area contributed by atoms with E-state index in [2.05, 4.69) is 52.3 Å². The summed E-state index contributed by atoms with van der Waals surface area (Å²) < 4.78 is 5.56. The van der Waals surface area contributed by atoms with Gasteiger partial charge in [-0.3, -0.25) is 4.79 Å². The number of nitrogens with zero attached hydrogens (tertiary/aromatic N) is 1. The number of aromatic amines is 1. The standard InChI is InChI=1S/C25H26N2O2/c1-29-19-6-4-5-17(13-19)25-11-12-27(24(28)16-9-10-16)18(15-25)14-22-23(25)20-7-2-3-8-21(20)26-22/h2-8,13,16,18,26H,9-12,14-15H2,1H3/t18-,25-/m1/s1. The van der Waals surface area contributed by atoms with E-state index < -0.39 is 0 Å². The van der Waals surface area contributed by atoms with Gasteiger partial charge in [0.15, 0.2) is 0 Å². The van der Waals surface area contributed by atoms with Gasteiger partial charge in [-0.25, -0.2) is 0 Å². The fourth-order valence-corrected chi connectivity index (χ4v) is 5.83. The first kappa shape index (κ1) is 17.1. The van der Waals surface area contributed by atoms with Crippen molar-refractivity contribution in [3.8, 4) is 5.75 Å². The largest absolute Gasteiger partial charge is 0.497 e. The number of piperidine rings is 1. The molecule has 1 saturated heterocycles. The molecular formula is C25H26N2O2. The molecule has 2 heterocycles. The van der Waals surface area contributed by atoms with Crippen molar-refractivity contribution in [2.75, 3.05) is 13.7 Å². The normalized spacial score (nSPS) is 25.7. The maximum absolute atomic E-state index is 13.0. The molecule has 148 valence electrons. The van der Waals surface area contributed by atoms with Crippen LogP contribution in [-0.4, -0.2) is 35.5 Å². The number of likely N-dealkylation sites (tertiary alicyclic amines) is 1.